The number of ether oxygens (including phenoxy) is 3. The van der Waals surface area contributed by atoms with E-state index in [2.05, 4.69) is 5.32 Å². The van der Waals surface area contributed by atoms with E-state index in [4.69, 9.17) is 19.9 Å². The third-order valence-corrected chi connectivity index (χ3v) is 3.66. The number of anilines is 2. The zero-order valence-corrected chi connectivity index (χ0v) is 14.1. The number of nitrogen functional groups attached to an aromatic ring is 1. The van der Waals surface area contributed by atoms with Gasteiger partial charge in [0.15, 0.2) is 11.5 Å². The molecule has 0 atom stereocenters. The Morgan fingerprint density at radius 2 is 1.62 bits per heavy atom. The van der Waals surface area contributed by atoms with E-state index < -0.39 is 0 Å². The molecule has 0 aliphatic carbocycles. The van der Waals surface area contributed by atoms with Gasteiger partial charge >= 0.3 is 0 Å². The number of carbonyl (C=O) groups is 1. The summed E-state index contributed by atoms with van der Waals surface area (Å²) in [4.78, 5) is 12.2. The standard InChI is InChI=1S/C18H22N2O4/c1-22-15-11-17(24-3)16(23-2)10-14(15)20-18(21)9-8-12-6-4-5-7-13(12)19/h4-7,10-11H,8-9,19H2,1-3H3,(H,20,21). The Balaban J connectivity index is 2.09. The van der Waals surface area contributed by atoms with Crippen LogP contribution in [0.5, 0.6) is 17.2 Å². The summed E-state index contributed by atoms with van der Waals surface area (Å²) in [6.45, 7) is 0. The molecule has 1 amide bonds. The van der Waals surface area contributed by atoms with Gasteiger partial charge in [0, 0.05) is 24.2 Å². The lowest BCUT2D eigenvalue weighted by molar-refractivity contribution is -0.116. The van der Waals surface area contributed by atoms with Gasteiger partial charge in [-0.05, 0) is 18.1 Å². The Morgan fingerprint density at radius 3 is 2.25 bits per heavy atom. The molecule has 0 unspecified atom stereocenters. The molecule has 2 aromatic rings. The molecule has 0 fully saturated rings. The molecule has 6 heteroatoms. The molecule has 128 valence electrons. The van der Waals surface area contributed by atoms with Crippen molar-refractivity contribution in [3.63, 3.8) is 0 Å². The average molecular weight is 330 g/mol. The predicted molar refractivity (Wildman–Crippen MR) is 93.9 cm³/mol. The molecule has 0 aliphatic rings. The van der Waals surface area contributed by atoms with Crippen LogP contribution in [0.1, 0.15) is 12.0 Å². The maximum Gasteiger partial charge on any atom is 0.224 e. The number of aryl methyl sites for hydroxylation is 1. The summed E-state index contributed by atoms with van der Waals surface area (Å²) < 4.78 is 15.8. The van der Waals surface area contributed by atoms with E-state index in [1.165, 1.54) is 14.2 Å². The average Bonchev–Trinajstić information content (AvgIpc) is 2.60. The number of nitrogens with two attached hydrogens (primary N) is 1. The summed E-state index contributed by atoms with van der Waals surface area (Å²) in [7, 11) is 4.61. The minimum atomic E-state index is -0.135. The highest BCUT2D eigenvalue weighted by Crippen LogP contribution is 2.37. The van der Waals surface area contributed by atoms with Gasteiger partial charge < -0.3 is 25.3 Å². The van der Waals surface area contributed by atoms with Crippen LogP contribution in [0.4, 0.5) is 11.4 Å². The minimum absolute atomic E-state index is 0.135. The fourth-order valence-corrected chi connectivity index (χ4v) is 2.35. The number of hydrogen-bond acceptors (Lipinski definition) is 5. The lowest BCUT2D eigenvalue weighted by atomic mass is 10.1. The first-order chi connectivity index (χ1) is 11.6. The second-order valence-corrected chi connectivity index (χ2v) is 5.15. The maximum atomic E-state index is 12.2. The number of methoxy groups -OCH3 is 3. The van der Waals surface area contributed by atoms with E-state index in [1.807, 2.05) is 24.3 Å². The zero-order valence-electron chi connectivity index (χ0n) is 14.1. The lowest BCUT2D eigenvalue weighted by Crippen LogP contribution is -2.13. The van der Waals surface area contributed by atoms with Crippen LogP contribution in [0.2, 0.25) is 0 Å². The quantitative estimate of drug-likeness (QED) is 0.763. The third kappa shape index (κ3) is 4.10. The van der Waals surface area contributed by atoms with E-state index in [9.17, 15) is 4.79 Å². The molecule has 3 N–H and O–H groups in total. The maximum absolute atomic E-state index is 12.2. The summed E-state index contributed by atoms with van der Waals surface area (Å²) in [5, 5.41) is 2.84. The molecule has 0 spiro atoms. The van der Waals surface area contributed by atoms with Crippen molar-refractivity contribution < 1.29 is 19.0 Å². The van der Waals surface area contributed by atoms with Gasteiger partial charge in [0.1, 0.15) is 5.75 Å². The number of hydrogen-bond donors (Lipinski definition) is 2. The molecular weight excluding hydrogens is 308 g/mol. The Hall–Kier alpha value is -2.89. The Bertz CT molecular complexity index is 716. The van der Waals surface area contributed by atoms with Crippen LogP contribution in [-0.4, -0.2) is 27.2 Å². The van der Waals surface area contributed by atoms with Crippen LogP contribution in [0.3, 0.4) is 0 Å². The van der Waals surface area contributed by atoms with Gasteiger partial charge in [-0.15, -0.1) is 0 Å². The first kappa shape index (κ1) is 17.5. The van der Waals surface area contributed by atoms with Crippen molar-refractivity contribution in [2.24, 2.45) is 0 Å². The van der Waals surface area contributed by atoms with E-state index in [-0.39, 0.29) is 5.91 Å². The van der Waals surface area contributed by atoms with Crippen LogP contribution in [0.25, 0.3) is 0 Å². The zero-order chi connectivity index (χ0) is 17.5. The second-order valence-electron chi connectivity index (χ2n) is 5.15. The van der Waals surface area contributed by atoms with Crippen molar-refractivity contribution >= 4 is 17.3 Å². The van der Waals surface area contributed by atoms with Gasteiger partial charge in [-0.3, -0.25) is 4.79 Å². The van der Waals surface area contributed by atoms with E-state index in [0.717, 1.165) is 5.56 Å². The first-order valence-electron chi connectivity index (χ1n) is 7.52. The SMILES string of the molecule is COc1cc(OC)c(OC)cc1NC(=O)CCc1ccccc1N. The fourth-order valence-electron chi connectivity index (χ4n) is 2.35. The summed E-state index contributed by atoms with van der Waals surface area (Å²) in [6, 6.07) is 10.9. The highest BCUT2D eigenvalue weighted by Gasteiger charge is 2.14. The highest BCUT2D eigenvalue weighted by molar-refractivity contribution is 5.93. The van der Waals surface area contributed by atoms with Gasteiger partial charge in [0.05, 0.1) is 27.0 Å². The number of amides is 1. The highest BCUT2D eigenvalue weighted by atomic mass is 16.5. The molecule has 0 saturated heterocycles. The van der Waals surface area contributed by atoms with Crippen LogP contribution in [-0.2, 0) is 11.2 Å². The Kier molecular flexibility index (Phi) is 5.89. The molecule has 0 heterocycles. The van der Waals surface area contributed by atoms with Gasteiger partial charge in [0.25, 0.3) is 0 Å². The number of carbonyl (C=O) groups excluding carboxylic acids is 1. The molecular formula is C18H22N2O4. The van der Waals surface area contributed by atoms with Crippen molar-refractivity contribution in [1.29, 1.82) is 0 Å². The second kappa shape index (κ2) is 8.10. The van der Waals surface area contributed by atoms with E-state index >= 15 is 0 Å². The number of nitrogens with one attached hydrogen (secondary N) is 1. The van der Waals surface area contributed by atoms with Crippen LogP contribution < -0.4 is 25.3 Å². The third-order valence-electron chi connectivity index (χ3n) is 3.66. The molecule has 0 aromatic heterocycles. The fraction of sp³-hybridized carbons (Fsp3) is 0.278. The topological polar surface area (TPSA) is 82.8 Å². The number of rotatable bonds is 7. The van der Waals surface area contributed by atoms with Crippen molar-refractivity contribution in [1.82, 2.24) is 0 Å². The molecule has 0 saturated carbocycles. The van der Waals surface area contributed by atoms with Gasteiger partial charge in [-0.1, -0.05) is 18.2 Å². The lowest BCUT2D eigenvalue weighted by Gasteiger charge is -2.15. The molecule has 2 aromatic carbocycles. The van der Waals surface area contributed by atoms with Gasteiger partial charge in [-0.25, -0.2) is 0 Å². The van der Waals surface area contributed by atoms with Crippen LogP contribution >= 0.6 is 0 Å². The molecule has 0 bridgehead atoms. The van der Waals surface area contributed by atoms with E-state index in [0.29, 0.717) is 41.5 Å². The monoisotopic (exact) mass is 330 g/mol. The summed E-state index contributed by atoms with van der Waals surface area (Å²) in [6.07, 6.45) is 0.875. The predicted octanol–water partition coefficient (Wildman–Crippen LogP) is 2.87. The van der Waals surface area contributed by atoms with Crippen molar-refractivity contribution in [3.8, 4) is 17.2 Å². The normalized spacial score (nSPS) is 10.1. The van der Waals surface area contributed by atoms with Crippen LogP contribution in [0.15, 0.2) is 36.4 Å². The molecule has 6 nitrogen and oxygen atoms in total. The number of para-hydroxylation sites is 1. The van der Waals surface area contributed by atoms with Crippen molar-refractivity contribution in [2.75, 3.05) is 32.4 Å². The van der Waals surface area contributed by atoms with E-state index in [1.54, 1.807) is 19.2 Å². The van der Waals surface area contributed by atoms with Gasteiger partial charge in [-0.2, -0.15) is 0 Å². The number of benzene rings is 2. The first-order valence-corrected chi connectivity index (χ1v) is 7.52. The summed E-state index contributed by atoms with van der Waals surface area (Å²) >= 11 is 0. The molecule has 0 radical (unpaired) electrons. The Morgan fingerprint density at radius 1 is 1.00 bits per heavy atom. The Labute approximate surface area is 141 Å². The summed E-state index contributed by atoms with van der Waals surface area (Å²) in [5.74, 6) is 1.41. The molecule has 0 aliphatic heterocycles. The molecule has 2 rings (SSSR count). The summed E-state index contributed by atoms with van der Waals surface area (Å²) in [5.41, 5.74) is 8.06. The largest absolute Gasteiger partial charge is 0.494 e. The van der Waals surface area contributed by atoms with Crippen molar-refractivity contribution in [3.05, 3.63) is 42.0 Å². The van der Waals surface area contributed by atoms with Crippen LogP contribution in [0, 0.1) is 0 Å². The van der Waals surface area contributed by atoms with Crippen molar-refractivity contribution in [2.45, 2.75) is 12.8 Å². The minimum Gasteiger partial charge on any atom is -0.494 e. The molecule has 24 heavy (non-hydrogen) atoms. The smallest absolute Gasteiger partial charge is 0.224 e. The van der Waals surface area contributed by atoms with Gasteiger partial charge in [0.2, 0.25) is 5.91 Å².